The van der Waals surface area contributed by atoms with E-state index in [1.165, 1.54) is 0 Å². The minimum absolute atomic E-state index is 0.320. The summed E-state index contributed by atoms with van der Waals surface area (Å²) in [6, 6.07) is 7.99. The minimum Gasteiger partial charge on any atom is -0.369 e. The number of rotatable bonds is 4. The van der Waals surface area contributed by atoms with Gasteiger partial charge < -0.3 is 14.2 Å². The lowest BCUT2D eigenvalue weighted by Crippen LogP contribution is -2.23. The Hall–Kier alpha value is -1.24. The summed E-state index contributed by atoms with van der Waals surface area (Å²) in [6.45, 7) is 1.55. The first-order valence-electron chi connectivity index (χ1n) is 6.85. The Kier molecular flexibility index (Phi) is 4.37. The standard InChI is InChI=1S/C15H17BrFN3O/c1-19-6-13(17)14(7-19)21-9-11-2-4-12(5-3-11)20-8-15(16)18-10-20/h2-5,8,10,13-14H,6-7,9H2,1H3/t13-,14+/m1/s1. The van der Waals surface area contributed by atoms with E-state index in [1.807, 2.05) is 47.0 Å². The quantitative estimate of drug-likeness (QED) is 0.846. The van der Waals surface area contributed by atoms with Gasteiger partial charge >= 0.3 is 0 Å². The molecule has 0 radical (unpaired) electrons. The van der Waals surface area contributed by atoms with Crippen molar-refractivity contribution in [3.63, 3.8) is 0 Å². The number of ether oxygens (including phenoxy) is 1. The second-order valence-corrected chi connectivity index (χ2v) is 6.17. The molecular formula is C15H17BrFN3O. The molecular weight excluding hydrogens is 337 g/mol. The maximum absolute atomic E-state index is 13.6. The van der Waals surface area contributed by atoms with Crippen molar-refractivity contribution in [2.45, 2.75) is 18.9 Å². The zero-order chi connectivity index (χ0) is 14.8. The van der Waals surface area contributed by atoms with E-state index in [9.17, 15) is 4.39 Å². The molecule has 0 unspecified atom stereocenters. The van der Waals surface area contributed by atoms with Crippen LogP contribution in [0.15, 0.2) is 41.4 Å². The van der Waals surface area contributed by atoms with E-state index in [1.54, 1.807) is 6.33 Å². The number of hydrogen-bond donors (Lipinski definition) is 0. The molecule has 112 valence electrons. The van der Waals surface area contributed by atoms with Crippen molar-refractivity contribution < 1.29 is 9.13 Å². The summed E-state index contributed by atoms with van der Waals surface area (Å²) in [4.78, 5) is 6.08. The van der Waals surface area contributed by atoms with Crippen LogP contribution in [0.3, 0.4) is 0 Å². The molecule has 0 saturated carbocycles. The van der Waals surface area contributed by atoms with Gasteiger partial charge in [-0.15, -0.1) is 0 Å². The molecule has 2 aromatic rings. The molecule has 1 aromatic carbocycles. The lowest BCUT2D eigenvalue weighted by atomic mass is 10.2. The van der Waals surface area contributed by atoms with Gasteiger partial charge in [0.2, 0.25) is 0 Å². The smallest absolute Gasteiger partial charge is 0.140 e. The topological polar surface area (TPSA) is 30.3 Å². The SMILES string of the molecule is CN1C[C@@H](F)[C@@H](OCc2ccc(-n3cnc(Br)c3)cc2)C1. The highest BCUT2D eigenvalue weighted by atomic mass is 79.9. The summed E-state index contributed by atoms with van der Waals surface area (Å²) >= 11 is 3.33. The van der Waals surface area contributed by atoms with Crippen molar-refractivity contribution in [1.82, 2.24) is 14.5 Å². The van der Waals surface area contributed by atoms with Crippen molar-refractivity contribution in [2.24, 2.45) is 0 Å². The van der Waals surface area contributed by atoms with Crippen molar-refractivity contribution in [3.8, 4) is 5.69 Å². The van der Waals surface area contributed by atoms with E-state index in [2.05, 4.69) is 20.9 Å². The Balaban J connectivity index is 1.60. The molecule has 0 bridgehead atoms. The first kappa shape index (κ1) is 14.7. The lowest BCUT2D eigenvalue weighted by molar-refractivity contribution is 0.0120. The Morgan fingerprint density at radius 1 is 1.33 bits per heavy atom. The van der Waals surface area contributed by atoms with Crippen LogP contribution in [-0.4, -0.2) is 46.9 Å². The monoisotopic (exact) mass is 353 g/mol. The fraction of sp³-hybridized carbons (Fsp3) is 0.400. The highest BCUT2D eigenvalue weighted by Crippen LogP contribution is 2.18. The third-order valence-corrected chi connectivity index (χ3v) is 4.04. The van der Waals surface area contributed by atoms with Crippen LogP contribution in [0.2, 0.25) is 0 Å². The number of hydrogen-bond acceptors (Lipinski definition) is 3. The van der Waals surface area contributed by atoms with Gasteiger partial charge in [-0.2, -0.15) is 0 Å². The van der Waals surface area contributed by atoms with E-state index < -0.39 is 6.17 Å². The van der Waals surface area contributed by atoms with Crippen LogP contribution in [0, 0.1) is 0 Å². The van der Waals surface area contributed by atoms with Gasteiger partial charge in [-0.05, 0) is 40.7 Å². The largest absolute Gasteiger partial charge is 0.369 e. The predicted octanol–water partition coefficient (Wildman–Crippen LogP) is 2.80. The Labute approximate surface area is 131 Å². The van der Waals surface area contributed by atoms with Crippen LogP contribution in [-0.2, 0) is 11.3 Å². The molecule has 1 aromatic heterocycles. The molecule has 1 fully saturated rings. The number of imidazole rings is 1. The fourth-order valence-electron chi connectivity index (χ4n) is 2.48. The minimum atomic E-state index is -0.891. The summed E-state index contributed by atoms with van der Waals surface area (Å²) in [6.07, 6.45) is 2.43. The third-order valence-electron chi connectivity index (χ3n) is 3.63. The van der Waals surface area contributed by atoms with Gasteiger partial charge in [-0.1, -0.05) is 12.1 Å². The number of benzene rings is 1. The van der Waals surface area contributed by atoms with Crippen molar-refractivity contribution >= 4 is 15.9 Å². The average Bonchev–Trinajstić information content (AvgIpc) is 3.03. The molecule has 6 heteroatoms. The van der Waals surface area contributed by atoms with Crippen LogP contribution in [0.5, 0.6) is 0 Å². The number of alkyl halides is 1. The maximum atomic E-state index is 13.6. The molecule has 0 amide bonds. The molecule has 1 aliphatic heterocycles. The molecule has 0 N–H and O–H groups in total. The van der Waals surface area contributed by atoms with E-state index in [-0.39, 0.29) is 6.10 Å². The second-order valence-electron chi connectivity index (χ2n) is 5.36. The highest BCUT2D eigenvalue weighted by Gasteiger charge is 2.31. The van der Waals surface area contributed by atoms with E-state index in [4.69, 9.17) is 4.74 Å². The summed E-state index contributed by atoms with van der Waals surface area (Å²) in [5, 5.41) is 0. The van der Waals surface area contributed by atoms with Gasteiger partial charge in [-0.3, -0.25) is 0 Å². The molecule has 2 heterocycles. The van der Waals surface area contributed by atoms with Gasteiger partial charge in [0.15, 0.2) is 0 Å². The third kappa shape index (κ3) is 3.51. The zero-order valence-electron chi connectivity index (χ0n) is 11.7. The predicted molar refractivity (Wildman–Crippen MR) is 82.2 cm³/mol. The van der Waals surface area contributed by atoms with Crippen LogP contribution in [0.25, 0.3) is 5.69 Å². The first-order valence-corrected chi connectivity index (χ1v) is 7.64. The van der Waals surface area contributed by atoms with Crippen molar-refractivity contribution in [2.75, 3.05) is 20.1 Å². The van der Waals surface area contributed by atoms with Crippen LogP contribution in [0.4, 0.5) is 4.39 Å². The number of likely N-dealkylation sites (N-methyl/N-ethyl adjacent to an activating group) is 1. The Morgan fingerprint density at radius 3 is 2.67 bits per heavy atom. The van der Waals surface area contributed by atoms with Crippen LogP contribution < -0.4 is 0 Å². The van der Waals surface area contributed by atoms with Gasteiger partial charge in [-0.25, -0.2) is 9.37 Å². The average molecular weight is 354 g/mol. The highest BCUT2D eigenvalue weighted by molar-refractivity contribution is 9.10. The molecule has 0 spiro atoms. The second kappa shape index (κ2) is 6.25. The molecule has 0 aliphatic carbocycles. The normalized spacial score (nSPS) is 22.8. The molecule has 1 saturated heterocycles. The molecule has 4 nitrogen and oxygen atoms in total. The number of halogens is 2. The van der Waals surface area contributed by atoms with Crippen LogP contribution in [0.1, 0.15) is 5.56 Å². The Morgan fingerprint density at radius 2 is 2.10 bits per heavy atom. The van der Waals surface area contributed by atoms with Crippen molar-refractivity contribution in [3.05, 3.63) is 47.0 Å². The zero-order valence-corrected chi connectivity index (χ0v) is 13.3. The number of aromatic nitrogens is 2. The van der Waals surface area contributed by atoms with Crippen molar-refractivity contribution in [1.29, 1.82) is 0 Å². The molecule has 3 rings (SSSR count). The Bertz CT molecular complexity index is 601. The van der Waals surface area contributed by atoms with Gasteiger partial charge in [0.05, 0.1) is 6.61 Å². The van der Waals surface area contributed by atoms with E-state index >= 15 is 0 Å². The summed E-state index contributed by atoms with van der Waals surface area (Å²) in [5.41, 5.74) is 2.07. The van der Waals surface area contributed by atoms with Gasteiger partial charge in [0.25, 0.3) is 0 Å². The fourth-order valence-corrected chi connectivity index (χ4v) is 2.79. The lowest BCUT2D eigenvalue weighted by Gasteiger charge is -2.13. The summed E-state index contributed by atoms with van der Waals surface area (Å²) in [7, 11) is 1.91. The number of nitrogens with zero attached hydrogens (tertiary/aromatic N) is 3. The van der Waals surface area contributed by atoms with Gasteiger partial charge in [0, 0.05) is 25.0 Å². The first-order chi connectivity index (χ1) is 10.1. The number of likely N-dealkylation sites (tertiary alicyclic amines) is 1. The molecule has 2 atom stereocenters. The van der Waals surface area contributed by atoms with E-state index in [0.717, 1.165) is 15.9 Å². The summed E-state index contributed by atoms with van der Waals surface area (Å²) < 4.78 is 22.1. The molecule has 1 aliphatic rings. The van der Waals surface area contributed by atoms with Crippen LogP contribution >= 0.6 is 15.9 Å². The maximum Gasteiger partial charge on any atom is 0.140 e. The van der Waals surface area contributed by atoms with E-state index in [0.29, 0.717) is 19.7 Å². The summed E-state index contributed by atoms with van der Waals surface area (Å²) in [5.74, 6) is 0. The molecule has 21 heavy (non-hydrogen) atoms. The van der Waals surface area contributed by atoms with Gasteiger partial charge in [0.1, 0.15) is 23.2 Å².